The topological polar surface area (TPSA) is 269 Å². The van der Waals surface area contributed by atoms with Crippen LogP contribution in [0.15, 0.2) is 30.4 Å². The molecule has 2 saturated carbocycles. The SMILES string of the molecule is CC1(C)OC2[C@H](n3cnc4c(N)ncnc43)O[C@@]3(C[C@H]3CN)[C@@H]2O1.CC1(C)OC2[C@H](n3cnc4c(N)ncnc43)O[C@@]3(C[C@H]3CN=[N+]=[N-])[C@@H]2O1. The number of nitrogen functional groups attached to an aromatic ring is 2. The summed E-state index contributed by atoms with van der Waals surface area (Å²) in [5.41, 5.74) is 27.7. The van der Waals surface area contributed by atoms with Crippen molar-refractivity contribution in [3.63, 3.8) is 0 Å². The van der Waals surface area contributed by atoms with Gasteiger partial charge in [0.2, 0.25) is 0 Å². The predicted molar refractivity (Wildman–Crippen MR) is 172 cm³/mol. The third-order valence-corrected chi connectivity index (χ3v) is 10.6. The van der Waals surface area contributed by atoms with Gasteiger partial charge in [-0.1, -0.05) is 5.11 Å². The Balaban J connectivity index is 0.000000135. The molecule has 50 heavy (non-hydrogen) atoms. The van der Waals surface area contributed by atoms with E-state index in [4.69, 9.17) is 51.2 Å². The van der Waals surface area contributed by atoms with Crippen LogP contribution < -0.4 is 17.2 Å². The molecule has 20 heteroatoms. The number of fused-ring (bicyclic) bond motifs is 6. The van der Waals surface area contributed by atoms with Crippen LogP contribution in [-0.2, 0) is 28.4 Å². The number of nitrogens with zero attached hydrogens (tertiary/aromatic N) is 11. The van der Waals surface area contributed by atoms with Crippen molar-refractivity contribution in [1.82, 2.24) is 39.0 Å². The Morgan fingerprint density at radius 3 is 1.68 bits per heavy atom. The second-order valence-electron chi connectivity index (χ2n) is 14.6. The van der Waals surface area contributed by atoms with Gasteiger partial charge >= 0.3 is 0 Å². The van der Waals surface area contributed by atoms with Gasteiger partial charge < -0.3 is 45.6 Å². The zero-order valence-electron chi connectivity index (χ0n) is 27.9. The molecule has 8 heterocycles. The Labute approximate surface area is 284 Å². The highest BCUT2D eigenvalue weighted by Crippen LogP contribution is 2.63. The summed E-state index contributed by atoms with van der Waals surface area (Å²) < 4.78 is 41.1. The molecule has 2 spiro atoms. The van der Waals surface area contributed by atoms with E-state index in [-0.39, 0.29) is 48.1 Å². The molecule has 0 aromatic carbocycles. The van der Waals surface area contributed by atoms with Gasteiger partial charge in [-0.3, -0.25) is 9.13 Å². The lowest BCUT2D eigenvalue weighted by molar-refractivity contribution is -0.203. The van der Waals surface area contributed by atoms with Crippen molar-refractivity contribution in [2.75, 3.05) is 24.6 Å². The monoisotopic (exact) mass is 690 g/mol. The van der Waals surface area contributed by atoms with Crippen molar-refractivity contribution < 1.29 is 28.4 Å². The van der Waals surface area contributed by atoms with Crippen LogP contribution in [0.2, 0.25) is 0 Å². The molecule has 0 radical (unpaired) electrons. The largest absolute Gasteiger partial charge is 0.382 e. The average Bonchev–Trinajstić information content (AvgIpc) is 3.41. The first-order chi connectivity index (χ1) is 23.9. The first-order valence-electron chi connectivity index (χ1n) is 16.5. The molecule has 0 amide bonds. The van der Waals surface area contributed by atoms with Crippen LogP contribution in [-0.4, -0.2) is 99.3 Å². The molecule has 0 bridgehead atoms. The first-order valence-corrected chi connectivity index (χ1v) is 16.5. The van der Waals surface area contributed by atoms with Gasteiger partial charge in [-0.25, -0.2) is 29.9 Å². The van der Waals surface area contributed by atoms with E-state index in [0.29, 0.717) is 47.1 Å². The molecule has 4 aromatic rings. The molecular weight excluding hydrogens is 652 g/mol. The molecule has 6 aliphatic rings. The maximum absolute atomic E-state index is 8.61. The highest BCUT2D eigenvalue weighted by Gasteiger charge is 2.74. The van der Waals surface area contributed by atoms with Crippen LogP contribution in [0.3, 0.4) is 0 Å². The minimum absolute atomic E-state index is 0.0999. The van der Waals surface area contributed by atoms with Crippen molar-refractivity contribution in [3.05, 3.63) is 35.8 Å². The molecule has 10 rings (SSSR count). The van der Waals surface area contributed by atoms with E-state index in [1.165, 1.54) is 12.7 Å². The van der Waals surface area contributed by atoms with E-state index in [2.05, 4.69) is 39.9 Å². The van der Waals surface area contributed by atoms with Crippen LogP contribution in [0.5, 0.6) is 0 Å². The van der Waals surface area contributed by atoms with Crippen LogP contribution in [0.25, 0.3) is 32.8 Å². The van der Waals surface area contributed by atoms with E-state index in [1.54, 1.807) is 12.7 Å². The van der Waals surface area contributed by atoms with Crippen molar-refractivity contribution in [3.8, 4) is 0 Å². The molecule has 10 atom stereocenters. The quantitative estimate of drug-likeness (QED) is 0.153. The number of ether oxygens (including phenoxy) is 6. The predicted octanol–water partition coefficient (Wildman–Crippen LogP) is 1.70. The van der Waals surface area contributed by atoms with E-state index < -0.39 is 23.4 Å². The maximum atomic E-state index is 8.61. The van der Waals surface area contributed by atoms with Crippen LogP contribution in [0.4, 0.5) is 11.6 Å². The summed E-state index contributed by atoms with van der Waals surface area (Å²) in [7, 11) is 0. The van der Waals surface area contributed by atoms with Gasteiger partial charge in [0.05, 0.1) is 12.7 Å². The van der Waals surface area contributed by atoms with Crippen molar-refractivity contribution in [1.29, 1.82) is 0 Å². The summed E-state index contributed by atoms with van der Waals surface area (Å²) in [6.07, 6.45) is 5.95. The second kappa shape index (κ2) is 10.6. The summed E-state index contributed by atoms with van der Waals surface area (Å²) in [6.45, 7) is 8.54. The van der Waals surface area contributed by atoms with Crippen molar-refractivity contribution in [2.24, 2.45) is 22.7 Å². The highest BCUT2D eigenvalue weighted by atomic mass is 16.8. The maximum Gasteiger partial charge on any atom is 0.167 e. The summed E-state index contributed by atoms with van der Waals surface area (Å²) >= 11 is 0. The number of aromatic nitrogens is 8. The van der Waals surface area contributed by atoms with Gasteiger partial charge in [0, 0.05) is 17.4 Å². The van der Waals surface area contributed by atoms with E-state index in [9.17, 15) is 0 Å². The Kier molecular flexibility index (Phi) is 6.73. The smallest absolute Gasteiger partial charge is 0.167 e. The van der Waals surface area contributed by atoms with Crippen LogP contribution in [0.1, 0.15) is 53.0 Å². The fourth-order valence-electron chi connectivity index (χ4n) is 8.29. The minimum atomic E-state index is -0.722. The zero-order valence-corrected chi connectivity index (χ0v) is 27.9. The molecule has 4 aromatic heterocycles. The van der Waals surface area contributed by atoms with E-state index in [0.717, 1.165) is 12.8 Å². The molecule has 2 aliphatic carbocycles. The zero-order chi connectivity index (χ0) is 34.8. The Hall–Kier alpha value is -4.27. The lowest BCUT2D eigenvalue weighted by atomic mass is 10.1. The Morgan fingerprint density at radius 2 is 1.22 bits per heavy atom. The summed E-state index contributed by atoms with van der Waals surface area (Å²) in [5, 5.41) is 3.70. The van der Waals surface area contributed by atoms with Crippen LogP contribution in [0, 0.1) is 11.8 Å². The summed E-state index contributed by atoms with van der Waals surface area (Å²) in [6, 6.07) is 0. The highest BCUT2D eigenvalue weighted by molar-refractivity contribution is 5.81. The normalized spacial score (nSPS) is 38.3. The van der Waals surface area contributed by atoms with Crippen molar-refractivity contribution >= 4 is 34.0 Å². The van der Waals surface area contributed by atoms with Gasteiger partial charge in [-0.05, 0) is 58.5 Å². The number of nitrogens with two attached hydrogens (primary N) is 3. The molecule has 6 N–H and O–H groups in total. The summed E-state index contributed by atoms with van der Waals surface area (Å²) in [4.78, 5) is 28.1. The molecule has 2 unspecified atom stereocenters. The second-order valence-corrected chi connectivity index (χ2v) is 14.6. The number of rotatable bonds is 5. The molecule has 6 fully saturated rings. The van der Waals surface area contributed by atoms with Gasteiger partial charge in [0.25, 0.3) is 0 Å². The number of hydrogen-bond donors (Lipinski definition) is 3. The fourth-order valence-corrected chi connectivity index (χ4v) is 8.29. The lowest BCUT2D eigenvalue weighted by Gasteiger charge is -2.25. The molecular formula is C30H38N14O6. The lowest BCUT2D eigenvalue weighted by Crippen LogP contribution is -2.34. The third kappa shape index (κ3) is 4.60. The van der Waals surface area contributed by atoms with E-state index >= 15 is 0 Å². The van der Waals surface area contributed by atoms with Crippen LogP contribution >= 0.6 is 0 Å². The average molecular weight is 691 g/mol. The fraction of sp³-hybridized carbons (Fsp3) is 0.667. The molecule has 4 saturated heterocycles. The van der Waals surface area contributed by atoms with Gasteiger partial charge in [0.15, 0.2) is 47.0 Å². The third-order valence-electron chi connectivity index (χ3n) is 10.6. The molecule has 264 valence electrons. The van der Waals surface area contributed by atoms with Gasteiger partial charge in [-0.2, -0.15) is 0 Å². The van der Waals surface area contributed by atoms with Crippen molar-refractivity contribution in [2.45, 2.75) is 100 Å². The van der Waals surface area contributed by atoms with Gasteiger partial charge in [-0.15, -0.1) is 0 Å². The number of imidazole rings is 2. The standard InChI is InChI=1S/C15H18N8O3.C15H20N6O3/c1-14(2)24-9-10(25-14)15(3-7(15)4-21-22-17)26-13(9)23-6-20-8-11(16)18-5-19-12(8)23;1-14(2)22-9-10(23-14)15(3-7(15)4-16)24-13(9)21-6-20-8-11(17)18-5-19-12(8)21/h5-7,9-10,13H,3-4H2,1-2H3,(H2,16,18,19);5-7,9-10,13H,3-4,16H2,1-2H3,(H2,17,18,19)/t2*7-,9?,10+,13+,15+/m00/s1. The Bertz CT molecular complexity index is 2050. The van der Waals surface area contributed by atoms with E-state index in [1.807, 2.05) is 36.8 Å². The van der Waals surface area contributed by atoms with Gasteiger partial charge in [0.1, 0.15) is 59.3 Å². The number of hydrogen-bond acceptors (Lipinski definition) is 16. The summed E-state index contributed by atoms with van der Waals surface area (Å²) in [5.74, 6) is -0.339. The Morgan fingerprint density at radius 1 is 0.740 bits per heavy atom. The first kappa shape index (κ1) is 31.7. The molecule has 4 aliphatic heterocycles. The number of azide groups is 1. The molecule has 20 nitrogen and oxygen atoms in total. The minimum Gasteiger partial charge on any atom is -0.382 e. The number of anilines is 2.